The minimum atomic E-state index is 0.143. The SMILES string of the molecule is C/C(Cl)=C/CN(C/C=C(/C)Cl)CCO. The Morgan fingerprint density at radius 2 is 1.57 bits per heavy atom. The minimum absolute atomic E-state index is 0.143. The number of aliphatic hydroxyl groups excluding tert-OH is 1. The highest BCUT2D eigenvalue weighted by Crippen LogP contribution is 2.02. The van der Waals surface area contributed by atoms with Crippen molar-refractivity contribution < 1.29 is 5.11 Å². The molecule has 0 saturated heterocycles. The largest absolute Gasteiger partial charge is 0.395 e. The molecule has 0 rings (SSSR count). The van der Waals surface area contributed by atoms with Gasteiger partial charge in [-0.15, -0.1) is 0 Å². The number of rotatable bonds is 6. The molecule has 0 amide bonds. The van der Waals surface area contributed by atoms with Crippen LogP contribution in [-0.4, -0.2) is 36.2 Å². The standard InChI is InChI=1S/C10H17Cl2NO/c1-9(11)3-5-13(7-8-14)6-4-10(2)12/h3-4,14H,5-8H2,1-2H3/b9-3-,10-4-. The van der Waals surface area contributed by atoms with Crippen LogP contribution in [0.4, 0.5) is 0 Å². The van der Waals surface area contributed by atoms with Gasteiger partial charge >= 0.3 is 0 Å². The third-order valence-electron chi connectivity index (χ3n) is 1.68. The average Bonchev–Trinajstić information content (AvgIpc) is 2.09. The molecule has 0 saturated carbocycles. The fourth-order valence-corrected chi connectivity index (χ4v) is 1.05. The van der Waals surface area contributed by atoms with Gasteiger partial charge in [0, 0.05) is 29.7 Å². The van der Waals surface area contributed by atoms with E-state index in [-0.39, 0.29) is 6.61 Å². The van der Waals surface area contributed by atoms with Crippen LogP contribution >= 0.6 is 23.2 Å². The van der Waals surface area contributed by atoms with Gasteiger partial charge in [-0.1, -0.05) is 35.4 Å². The Morgan fingerprint density at radius 3 is 1.86 bits per heavy atom. The highest BCUT2D eigenvalue weighted by Gasteiger charge is 1.99. The number of aliphatic hydroxyl groups is 1. The predicted octanol–water partition coefficient (Wildman–Crippen LogP) is 2.57. The number of halogens is 2. The van der Waals surface area contributed by atoms with Gasteiger partial charge in [-0.05, 0) is 13.8 Å². The van der Waals surface area contributed by atoms with Crippen LogP contribution in [0, 0.1) is 0 Å². The molecule has 82 valence electrons. The molecule has 2 nitrogen and oxygen atoms in total. The highest BCUT2D eigenvalue weighted by molar-refractivity contribution is 6.29. The molecule has 0 atom stereocenters. The Kier molecular flexibility index (Phi) is 8.29. The van der Waals surface area contributed by atoms with Crippen molar-refractivity contribution in [3.8, 4) is 0 Å². The van der Waals surface area contributed by atoms with Gasteiger partial charge in [-0.3, -0.25) is 4.90 Å². The molecule has 14 heavy (non-hydrogen) atoms. The van der Waals surface area contributed by atoms with Crippen molar-refractivity contribution in [3.63, 3.8) is 0 Å². The van der Waals surface area contributed by atoms with Crippen molar-refractivity contribution in [1.82, 2.24) is 4.90 Å². The van der Waals surface area contributed by atoms with Crippen LogP contribution in [0.25, 0.3) is 0 Å². The van der Waals surface area contributed by atoms with Crippen molar-refractivity contribution in [2.45, 2.75) is 13.8 Å². The maximum atomic E-state index is 8.82. The first-order valence-corrected chi connectivity index (χ1v) is 5.29. The van der Waals surface area contributed by atoms with Gasteiger partial charge in [-0.25, -0.2) is 0 Å². The number of allylic oxidation sites excluding steroid dienone is 2. The Hall–Kier alpha value is -0.0200. The molecular weight excluding hydrogens is 221 g/mol. The first-order valence-electron chi connectivity index (χ1n) is 4.54. The van der Waals surface area contributed by atoms with Gasteiger partial charge in [0.1, 0.15) is 0 Å². The molecule has 1 N–H and O–H groups in total. The third kappa shape index (κ3) is 8.57. The third-order valence-corrected chi connectivity index (χ3v) is 1.99. The molecule has 0 aromatic rings. The van der Waals surface area contributed by atoms with E-state index in [0.717, 1.165) is 23.2 Å². The van der Waals surface area contributed by atoms with Crippen LogP contribution in [0.3, 0.4) is 0 Å². The summed E-state index contributed by atoms with van der Waals surface area (Å²) in [5.74, 6) is 0. The lowest BCUT2D eigenvalue weighted by molar-refractivity contribution is 0.220. The predicted molar refractivity (Wildman–Crippen MR) is 62.7 cm³/mol. The summed E-state index contributed by atoms with van der Waals surface area (Å²) in [5, 5.41) is 10.3. The zero-order valence-corrected chi connectivity index (χ0v) is 10.1. The summed E-state index contributed by atoms with van der Waals surface area (Å²) >= 11 is 11.4. The Balaban J connectivity index is 4.02. The summed E-state index contributed by atoms with van der Waals surface area (Å²) in [6.07, 6.45) is 3.82. The van der Waals surface area contributed by atoms with Gasteiger partial charge in [0.25, 0.3) is 0 Å². The maximum absolute atomic E-state index is 8.82. The van der Waals surface area contributed by atoms with Crippen molar-refractivity contribution >= 4 is 23.2 Å². The van der Waals surface area contributed by atoms with Crippen molar-refractivity contribution in [3.05, 3.63) is 22.2 Å². The lowest BCUT2D eigenvalue weighted by atomic mass is 10.4. The second kappa shape index (κ2) is 8.30. The summed E-state index contributed by atoms with van der Waals surface area (Å²) in [5.41, 5.74) is 0. The van der Waals surface area contributed by atoms with Crippen LogP contribution < -0.4 is 0 Å². The summed E-state index contributed by atoms with van der Waals surface area (Å²) in [6, 6.07) is 0. The van der Waals surface area contributed by atoms with Crippen LogP contribution in [0.1, 0.15) is 13.8 Å². The molecular formula is C10H17Cl2NO. The lowest BCUT2D eigenvalue weighted by Gasteiger charge is -2.17. The molecule has 0 bridgehead atoms. The molecule has 0 fully saturated rings. The van der Waals surface area contributed by atoms with Gasteiger partial charge in [0.05, 0.1) is 6.61 Å². The van der Waals surface area contributed by atoms with E-state index in [2.05, 4.69) is 4.90 Å². The quantitative estimate of drug-likeness (QED) is 0.768. The summed E-state index contributed by atoms with van der Waals surface area (Å²) in [4.78, 5) is 2.05. The van der Waals surface area contributed by atoms with Crippen LogP contribution in [0.15, 0.2) is 22.2 Å². The summed E-state index contributed by atoms with van der Waals surface area (Å²) in [6.45, 7) is 5.90. The summed E-state index contributed by atoms with van der Waals surface area (Å²) in [7, 11) is 0. The van der Waals surface area contributed by atoms with Crippen molar-refractivity contribution in [1.29, 1.82) is 0 Å². The molecule has 0 aliphatic carbocycles. The van der Waals surface area contributed by atoms with Crippen molar-refractivity contribution in [2.24, 2.45) is 0 Å². The molecule has 0 heterocycles. The number of nitrogens with zero attached hydrogens (tertiary/aromatic N) is 1. The highest BCUT2D eigenvalue weighted by atomic mass is 35.5. The smallest absolute Gasteiger partial charge is 0.0558 e. The van der Waals surface area contributed by atoms with E-state index in [1.54, 1.807) is 0 Å². The molecule has 0 aliphatic rings. The van der Waals surface area contributed by atoms with E-state index in [9.17, 15) is 0 Å². The van der Waals surface area contributed by atoms with Crippen LogP contribution in [0.2, 0.25) is 0 Å². The Bertz CT molecular complexity index is 186. The van der Waals surface area contributed by atoms with E-state index in [4.69, 9.17) is 28.3 Å². The second-order valence-corrected chi connectivity index (χ2v) is 4.26. The molecule has 4 heteroatoms. The lowest BCUT2D eigenvalue weighted by Crippen LogP contribution is -2.27. The fourth-order valence-electron chi connectivity index (χ4n) is 0.908. The van der Waals surface area contributed by atoms with E-state index >= 15 is 0 Å². The maximum Gasteiger partial charge on any atom is 0.0558 e. The molecule has 0 aromatic carbocycles. The molecule has 0 unspecified atom stereocenters. The Labute approximate surface area is 95.8 Å². The Morgan fingerprint density at radius 1 is 1.14 bits per heavy atom. The zero-order chi connectivity index (χ0) is 11.0. The molecule has 0 radical (unpaired) electrons. The van der Waals surface area contributed by atoms with Gasteiger partial charge < -0.3 is 5.11 Å². The monoisotopic (exact) mass is 237 g/mol. The van der Waals surface area contributed by atoms with Crippen molar-refractivity contribution in [2.75, 3.05) is 26.2 Å². The van der Waals surface area contributed by atoms with E-state index in [1.165, 1.54) is 0 Å². The summed E-state index contributed by atoms with van der Waals surface area (Å²) < 4.78 is 0. The van der Waals surface area contributed by atoms with Crippen LogP contribution in [0.5, 0.6) is 0 Å². The normalized spacial score (nSPS) is 13.9. The second-order valence-electron chi connectivity index (χ2n) is 3.06. The first kappa shape index (κ1) is 14.0. The van der Waals surface area contributed by atoms with E-state index in [1.807, 2.05) is 26.0 Å². The van der Waals surface area contributed by atoms with Crippen LogP contribution in [-0.2, 0) is 0 Å². The van der Waals surface area contributed by atoms with E-state index < -0.39 is 0 Å². The van der Waals surface area contributed by atoms with Gasteiger partial charge in [-0.2, -0.15) is 0 Å². The fraction of sp³-hybridized carbons (Fsp3) is 0.600. The van der Waals surface area contributed by atoms with E-state index in [0.29, 0.717) is 6.54 Å². The number of hydrogen-bond donors (Lipinski definition) is 1. The van der Waals surface area contributed by atoms with Gasteiger partial charge in [0.2, 0.25) is 0 Å². The molecule has 0 spiro atoms. The first-order chi connectivity index (χ1) is 6.56. The zero-order valence-electron chi connectivity index (χ0n) is 8.63. The number of hydrogen-bond acceptors (Lipinski definition) is 2. The molecule has 0 aliphatic heterocycles. The topological polar surface area (TPSA) is 23.5 Å². The average molecular weight is 238 g/mol. The molecule has 0 aromatic heterocycles. The minimum Gasteiger partial charge on any atom is -0.395 e. The van der Waals surface area contributed by atoms with Gasteiger partial charge in [0.15, 0.2) is 0 Å².